The van der Waals surface area contributed by atoms with Crippen LogP contribution in [0, 0.1) is 0 Å². The molecule has 1 N–H and O–H groups in total. The summed E-state index contributed by atoms with van der Waals surface area (Å²) in [6.45, 7) is 3.75. The maximum absolute atomic E-state index is 12.2. The zero-order chi connectivity index (χ0) is 14.1. The highest BCUT2D eigenvalue weighted by Gasteiger charge is 2.33. The van der Waals surface area contributed by atoms with Crippen LogP contribution in [-0.2, 0) is 9.59 Å². The first kappa shape index (κ1) is 13.4. The van der Waals surface area contributed by atoms with Crippen molar-refractivity contribution in [3.63, 3.8) is 0 Å². The summed E-state index contributed by atoms with van der Waals surface area (Å²) < 4.78 is 0. The van der Waals surface area contributed by atoms with Gasteiger partial charge in [0.15, 0.2) is 0 Å². The molecule has 2 heterocycles. The van der Waals surface area contributed by atoms with Gasteiger partial charge in [0, 0.05) is 45.2 Å². The second-order valence-electron chi connectivity index (χ2n) is 5.67. The van der Waals surface area contributed by atoms with Gasteiger partial charge in [-0.2, -0.15) is 0 Å². The normalized spacial score (nSPS) is 24.8. The lowest BCUT2D eigenvalue weighted by Gasteiger charge is -2.36. The monoisotopic (exact) mass is 280 g/mol. The van der Waals surface area contributed by atoms with Gasteiger partial charge in [0.2, 0.25) is 11.8 Å². The first-order valence-corrected chi connectivity index (χ1v) is 7.24. The summed E-state index contributed by atoms with van der Waals surface area (Å²) in [5, 5.41) is 2.24. The molecule has 0 bridgehead atoms. The van der Waals surface area contributed by atoms with Gasteiger partial charge >= 0.3 is 6.03 Å². The second-order valence-corrected chi connectivity index (χ2v) is 5.67. The van der Waals surface area contributed by atoms with Crippen molar-refractivity contribution in [1.29, 1.82) is 0 Å². The zero-order valence-corrected chi connectivity index (χ0v) is 11.5. The van der Waals surface area contributed by atoms with Gasteiger partial charge in [0.25, 0.3) is 0 Å². The lowest BCUT2D eigenvalue weighted by molar-refractivity contribution is -0.134. The first-order valence-electron chi connectivity index (χ1n) is 7.24. The minimum absolute atomic E-state index is 0.0232. The highest BCUT2D eigenvalue weighted by Crippen LogP contribution is 2.27. The number of nitrogens with one attached hydrogen (secondary N) is 1. The fourth-order valence-corrected chi connectivity index (χ4v) is 2.79. The number of urea groups is 1. The molecule has 3 fully saturated rings. The molecule has 7 nitrogen and oxygen atoms in total. The van der Waals surface area contributed by atoms with Gasteiger partial charge in [-0.05, 0) is 12.8 Å². The molecule has 0 atom stereocenters. The largest absolute Gasteiger partial charge is 0.339 e. The van der Waals surface area contributed by atoms with Crippen molar-refractivity contribution in [2.45, 2.75) is 25.3 Å². The fraction of sp³-hybridized carbons (Fsp3) is 0.769. The van der Waals surface area contributed by atoms with Crippen molar-refractivity contribution in [1.82, 2.24) is 20.0 Å². The molecule has 110 valence electrons. The predicted molar refractivity (Wildman–Crippen MR) is 70.9 cm³/mol. The van der Waals surface area contributed by atoms with Gasteiger partial charge in [-0.3, -0.25) is 19.8 Å². The number of rotatable bonds is 3. The van der Waals surface area contributed by atoms with Crippen LogP contribution in [0.25, 0.3) is 0 Å². The van der Waals surface area contributed by atoms with Crippen molar-refractivity contribution in [3.8, 4) is 0 Å². The van der Waals surface area contributed by atoms with Crippen LogP contribution in [-0.4, -0.2) is 77.9 Å². The molecule has 7 heteroatoms. The van der Waals surface area contributed by atoms with E-state index < -0.39 is 6.03 Å². The average molecular weight is 280 g/mol. The predicted octanol–water partition coefficient (Wildman–Crippen LogP) is -0.765. The Morgan fingerprint density at radius 3 is 2.40 bits per heavy atom. The van der Waals surface area contributed by atoms with Crippen molar-refractivity contribution < 1.29 is 14.4 Å². The van der Waals surface area contributed by atoms with E-state index in [0.29, 0.717) is 6.54 Å². The highest BCUT2D eigenvalue weighted by atomic mass is 16.2. The second kappa shape index (κ2) is 5.40. The van der Waals surface area contributed by atoms with Crippen molar-refractivity contribution in [2.75, 3.05) is 39.3 Å². The van der Waals surface area contributed by atoms with Gasteiger partial charge in [-0.15, -0.1) is 0 Å². The van der Waals surface area contributed by atoms with E-state index in [-0.39, 0.29) is 24.8 Å². The number of amides is 4. The number of hydrogen-bond donors (Lipinski definition) is 1. The van der Waals surface area contributed by atoms with Gasteiger partial charge in [0.1, 0.15) is 6.54 Å². The molecule has 20 heavy (non-hydrogen) atoms. The Labute approximate surface area is 117 Å². The Kier molecular flexibility index (Phi) is 3.60. The van der Waals surface area contributed by atoms with Gasteiger partial charge < -0.3 is 9.80 Å². The Bertz CT molecular complexity index is 427. The average Bonchev–Trinajstić information content (AvgIpc) is 3.26. The molecule has 0 aromatic carbocycles. The summed E-state index contributed by atoms with van der Waals surface area (Å²) >= 11 is 0. The maximum Gasteiger partial charge on any atom is 0.324 e. The smallest absolute Gasteiger partial charge is 0.324 e. The number of carbonyl (C=O) groups is 3. The van der Waals surface area contributed by atoms with Crippen LogP contribution in [0.5, 0.6) is 0 Å². The van der Waals surface area contributed by atoms with E-state index in [1.54, 1.807) is 0 Å². The zero-order valence-electron chi connectivity index (χ0n) is 11.5. The van der Waals surface area contributed by atoms with Crippen LogP contribution < -0.4 is 5.32 Å². The number of hydrogen-bond acceptors (Lipinski definition) is 4. The number of carbonyl (C=O) groups excluding carboxylic acids is 3. The Hall–Kier alpha value is -1.63. The first-order chi connectivity index (χ1) is 9.63. The maximum atomic E-state index is 12.2. The molecular formula is C13H20N4O3. The van der Waals surface area contributed by atoms with E-state index in [2.05, 4.69) is 10.2 Å². The third kappa shape index (κ3) is 2.92. The van der Waals surface area contributed by atoms with Crippen molar-refractivity contribution >= 4 is 17.8 Å². The lowest BCUT2D eigenvalue weighted by Crippen LogP contribution is -2.55. The summed E-state index contributed by atoms with van der Waals surface area (Å²) in [4.78, 5) is 40.5. The van der Waals surface area contributed by atoms with E-state index >= 15 is 0 Å². The summed E-state index contributed by atoms with van der Waals surface area (Å²) in [5.41, 5.74) is 0. The molecule has 4 amide bonds. The van der Waals surface area contributed by atoms with Crippen LogP contribution in [0.2, 0.25) is 0 Å². The third-order valence-electron chi connectivity index (χ3n) is 4.20. The van der Waals surface area contributed by atoms with Crippen LogP contribution >= 0.6 is 0 Å². The summed E-state index contributed by atoms with van der Waals surface area (Å²) in [6.07, 6.45) is 2.85. The molecule has 1 aliphatic carbocycles. The SMILES string of the molecule is O=C1CCN(CC(=O)N2CCN(C3CC3)CC2)C(=O)N1. The number of imide groups is 1. The van der Waals surface area contributed by atoms with Gasteiger partial charge in [-0.25, -0.2) is 4.79 Å². The molecule has 0 aromatic rings. The lowest BCUT2D eigenvalue weighted by atomic mass is 10.2. The fourth-order valence-electron chi connectivity index (χ4n) is 2.79. The highest BCUT2D eigenvalue weighted by molar-refractivity contribution is 5.98. The van der Waals surface area contributed by atoms with Crippen molar-refractivity contribution in [3.05, 3.63) is 0 Å². The quantitative estimate of drug-likeness (QED) is 0.737. The van der Waals surface area contributed by atoms with Gasteiger partial charge in [0.05, 0.1) is 0 Å². The molecule has 2 aliphatic heterocycles. The molecular weight excluding hydrogens is 260 g/mol. The van der Waals surface area contributed by atoms with Gasteiger partial charge in [-0.1, -0.05) is 0 Å². The molecule has 3 rings (SSSR count). The topological polar surface area (TPSA) is 73.0 Å². The number of nitrogens with zero attached hydrogens (tertiary/aromatic N) is 3. The molecule has 0 aromatic heterocycles. The standard InChI is InChI=1S/C13H20N4O3/c18-11-3-4-17(13(20)14-11)9-12(19)16-7-5-15(6-8-16)10-1-2-10/h10H,1-9H2,(H,14,18,20). The molecule has 0 radical (unpaired) electrons. The number of piperazine rings is 1. The Balaban J connectivity index is 1.47. The molecule has 1 saturated carbocycles. The summed E-state index contributed by atoms with van der Waals surface area (Å²) in [6, 6.07) is 0.289. The third-order valence-corrected chi connectivity index (χ3v) is 4.20. The van der Waals surface area contributed by atoms with E-state index in [1.165, 1.54) is 17.7 Å². The molecule has 0 unspecified atom stereocenters. The minimum atomic E-state index is -0.453. The van der Waals surface area contributed by atoms with E-state index in [0.717, 1.165) is 32.2 Å². The van der Waals surface area contributed by atoms with Crippen LogP contribution in [0.3, 0.4) is 0 Å². The Morgan fingerprint density at radius 2 is 1.80 bits per heavy atom. The molecule has 3 aliphatic rings. The van der Waals surface area contributed by atoms with Crippen LogP contribution in [0.4, 0.5) is 4.79 Å². The van der Waals surface area contributed by atoms with E-state index in [1.807, 2.05) is 4.90 Å². The molecule has 2 saturated heterocycles. The van der Waals surface area contributed by atoms with Crippen LogP contribution in [0.15, 0.2) is 0 Å². The summed E-state index contributed by atoms with van der Waals surface area (Å²) in [5.74, 6) is -0.290. The minimum Gasteiger partial charge on any atom is -0.339 e. The van der Waals surface area contributed by atoms with E-state index in [4.69, 9.17) is 0 Å². The van der Waals surface area contributed by atoms with Crippen molar-refractivity contribution in [2.24, 2.45) is 0 Å². The van der Waals surface area contributed by atoms with E-state index in [9.17, 15) is 14.4 Å². The Morgan fingerprint density at radius 1 is 1.10 bits per heavy atom. The van der Waals surface area contributed by atoms with Crippen LogP contribution in [0.1, 0.15) is 19.3 Å². The summed E-state index contributed by atoms with van der Waals surface area (Å²) in [7, 11) is 0. The molecule has 0 spiro atoms.